The summed E-state index contributed by atoms with van der Waals surface area (Å²) in [5.41, 5.74) is 0.467. The Labute approximate surface area is 192 Å². The number of nitrogens with zero attached hydrogens (tertiary/aromatic N) is 2. The molecular formula is C25H21F3N4O2. The number of rotatable bonds is 4. The Morgan fingerprint density at radius 3 is 2.53 bits per heavy atom. The minimum absolute atomic E-state index is 0.0501. The lowest BCUT2D eigenvalue weighted by Crippen LogP contribution is -2.51. The number of H-pyrrole nitrogens is 1. The minimum Gasteiger partial charge on any atom is -0.481 e. The number of anilines is 1. The number of nitrogens with one attached hydrogen (secondary N) is 2. The van der Waals surface area contributed by atoms with E-state index in [1.165, 1.54) is 18.3 Å². The van der Waals surface area contributed by atoms with Gasteiger partial charge in [-0.05, 0) is 55.7 Å². The van der Waals surface area contributed by atoms with Crippen LogP contribution in [0.2, 0.25) is 0 Å². The molecule has 3 aliphatic carbocycles. The van der Waals surface area contributed by atoms with E-state index in [4.69, 9.17) is 0 Å². The largest absolute Gasteiger partial charge is 0.481 e. The van der Waals surface area contributed by atoms with Gasteiger partial charge in [0, 0.05) is 34.6 Å². The molecule has 2 heterocycles. The standard InChI is InChI=1S/C25H21F3N4O2/c26-13-8-15-16(10-29-21(15)18(28)9-13)24-31-22-14(2-1-3-17(22)27)23(32-24)30-20-12-6-4-11(5-7-12)19(20)25(33)34/h1-3,8-12,19-20,29H,4-7H2,(H,33,34)(H,30,31,32)/t11?,12?,19-,20-/m1/s1. The number of carboxylic acids is 1. The van der Waals surface area contributed by atoms with E-state index in [9.17, 15) is 23.1 Å². The molecule has 0 radical (unpaired) electrons. The topological polar surface area (TPSA) is 90.9 Å². The molecular weight excluding hydrogens is 445 g/mol. The summed E-state index contributed by atoms with van der Waals surface area (Å²) in [6.45, 7) is 0. The van der Waals surface area contributed by atoms with Crippen molar-refractivity contribution >= 4 is 33.6 Å². The molecule has 7 rings (SSSR count). The van der Waals surface area contributed by atoms with Gasteiger partial charge in [0.1, 0.15) is 28.8 Å². The second-order valence-electron chi connectivity index (χ2n) is 9.25. The quantitative estimate of drug-likeness (QED) is 0.370. The van der Waals surface area contributed by atoms with E-state index in [1.54, 1.807) is 12.1 Å². The maximum Gasteiger partial charge on any atom is 0.308 e. The normalized spacial score (nSPS) is 24.1. The van der Waals surface area contributed by atoms with Crippen LogP contribution in [0.1, 0.15) is 25.7 Å². The molecule has 3 fully saturated rings. The van der Waals surface area contributed by atoms with E-state index in [0.717, 1.165) is 31.7 Å². The van der Waals surface area contributed by atoms with Crippen molar-refractivity contribution in [3.63, 3.8) is 0 Å². The number of carboxylic acid groups (broad SMARTS) is 1. The zero-order valence-electron chi connectivity index (χ0n) is 18.0. The van der Waals surface area contributed by atoms with Gasteiger partial charge in [-0.1, -0.05) is 6.07 Å². The fourth-order valence-electron chi connectivity index (χ4n) is 5.86. The minimum atomic E-state index is -0.848. The van der Waals surface area contributed by atoms with Crippen LogP contribution in [-0.4, -0.2) is 32.1 Å². The van der Waals surface area contributed by atoms with Gasteiger partial charge in [-0.3, -0.25) is 4.79 Å². The van der Waals surface area contributed by atoms with Crippen LogP contribution in [-0.2, 0) is 4.79 Å². The zero-order valence-corrected chi connectivity index (χ0v) is 18.0. The molecule has 0 unspecified atom stereocenters. The first-order valence-corrected chi connectivity index (χ1v) is 11.3. The van der Waals surface area contributed by atoms with Gasteiger partial charge in [-0.15, -0.1) is 0 Å². The highest BCUT2D eigenvalue weighted by molar-refractivity contribution is 5.97. The summed E-state index contributed by atoms with van der Waals surface area (Å²) in [5.74, 6) is -2.83. The predicted molar refractivity (Wildman–Crippen MR) is 121 cm³/mol. The maximum atomic E-state index is 14.8. The molecule has 3 aliphatic rings. The Bertz CT molecular complexity index is 1450. The van der Waals surface area contributed by atoms with Crippen LogP contribution in [0, 0.1) is 35.2 Å². The molecule has 0 aliphatic heterocycles. The number of halogens is 3. The first-order valence-electron chi connectivity index (χ1n) is 11.3. The molecule has 174 valence electrons. The molecule has 0 spiro atoms. The van der Waals surface area contributed by atoms with Gasteiger partial charge < -0.3 is 15.4 Å². The Kier molecular flexibility index (Phi) is 4.75. The zero-order chi connectivity index (χ0) is 23.6. The first kappa shape index (κ1) is 20.9. The fraction of sp³-hybridized carbons (Fsp3) is 0.320. The van der Waals surface area contributed by atoms with Gasteiger partial charge in [0.15, 0.2) is 5.82 Å². The van der Waals surface area contributed by atoms with Crippen molar-refractivity contribution < 1.29 is 23.1 Å². The number of aliphatic carboxylic acids is 1. The molecule has 34 heavy (non-hydrogen) atoms. The summed E-state index contributed by atoms with van der Waals surface area (Å²) in [6.07, 6.45) is 5.09. The Morgan fingerprint density at radius 1 is 1.00 bits per heavy atom. The van der Waals surface area contributed by atoms with Crippen LogP contribution in [0.4, 0.5) is 19.0 Å². The molecule has 6 nitrogen and oxygen atoms in total. The van der Waals surface area contributed by atoms with E-state index in [0.29, 0.717) is 16.8 Å². The van der Waals surface area contributed by atoms with Crippen molar-refractivity contribution in [1.29, 1.82) is 0 Å². The van der Waals surface area contributed by atoms with Crippen molar-refractivity contribution in [2.24, 2.45) is 17.8 Å². The van der Waals surface area contributed by atoms with E-state index in [1.807, 2.05) is 0 Å². The molecule has 2 atom stereocenters. The number of hydrogen-bond acceptors (Lipinski definition) is 4. The van der Waals surface area contributed by atoms with Gasteiger partial charge in [-0.2, -0.15) is 0 Å². The number of benzene rings is 2. The molecule has 4 aromatic rings. The second-order valence-corrected chi connectivity index (χ2v) is 9.25. The Morgan fingerprint density at radius 2 is 1.76 bits per heavy atom. The van der Waals surface area contributed by atoms with Crippen molar-refractivity contribution in [2.45, 2.75) is 31.7 Å². The van der Waals surface area contributed by atoms with Crippen molar-refractivity contribution in [1.82, 2.24) is 15.0 Å². The summed E-state index contributed by atoms with van der Waals surface area (Å²) in [5, 5.41) is 13.9. The molecule has 2 aromatic carbocycles. The maximum absolute atomic E-state index is 14.8. The van der Waals surface area contributed by atoms with Gasteiger partial charge in [0.05, 0.1) is 11.4 Å². The molecule has 2 aromatic heterocycles. The SMILES string of the molecule is O=C(O)[C@@H]1C2CCC(CC2)[C@H]1Nc1nc(-c2c[nH]c3c(F)cc(F)cc23)nc2c(F)cccc12. The number of aromatic amines is 1. The number of hydrogen-bond donors (Lipinski definition) is 3. The van der Waals surface area contributed by atoms with Crippen LogP contribution in [0.5, 0.6) is 0 Å². The highest BCUT2D eigenvalue weighted by Gasteiger charge is 2.47. The van der Waals surface area contributed by atoms with Gasteiger partial charge in [-0.25, -0.2) is 23.1 Å². The van der Waals surface area contributed by atoms with E-state index in [-0.39, 0.29) is 40.1 Å². The lowest BCUT2D eigenvalue weighted by Gasteiger charge is -2.47. The first-order chi connectivity index (χ1) is 16.4. The highest BCUT2D eigenvalue weighted by atomic mass is 19.1. The van der Waals surface area contributed by atoms with Crippen molar-refractivity contribution in [3.05, 3.63) is 54.0 Å². The second kappa shape index (κ2) is 7.72. The number of aromatic nitrogens is 3. The Hall–Kier alpha value is -3.62. The summed E-state index contributed by atoms with van der Waals surface area (Å²) in [7, 11) is 0. The monoisotopic (exact) mass is 466 g/mol. The van der Waals surface area contributed by atoms with Gasteiger partial charge in [0.25, 0.3) is 0 Å². The average molecular weight is 466 g/mol. The fourth-order valence-corrected chi connectivity index (χ4v) is 5.86. The molecule has 2 bridgehead atoms. The van der Waals surface area contributed by atoms with Crippen LogP contribution in [0.3, 0.4) is 0 Å². The number of para-hydroxylation sites is 1. The summed E-state index contributed by atoms with van der Waals surface area (Å²) in [6, 6.07) is 6.10. The number of carbonyl (C=O) groups is 1. The van der Waals surface area contributed by atoms with Crippen LogP contribution in [0.25, 0.3) is 33.2 Å². The van der Waals surface area contributed by atoms with Crippen LogP contribution >= 0.6 is 0 Å². The van der Waals surface area contributed by atoms with Crippen LogP contribution in [0.15, 0.2) is 36.5 Å². The van der Waals surface area contributed by atoms with E-state index < -0.39 is 29.3 Å². The Balaban J connectivity index is 1.52. The third-order valence-electron chi connectivity index (χ3n) is 7.43. The smallest absolute Gasteiger partial charge is 0.308 e. The van der Waals surface area contributed by atoms with Crippen LogP contribution < -0.4 is 5.32 Å². The molecule has 3 N–H and O–H groups in total. The summed E-state index contributed by atoms with van der Waals surface area (Å²) >= 11 is 0. The lowest BCUT2D eigenvalue weighted by molar-refractivity contribution is -0.148. The van der Waals surface area contributed by atoms with Crippen molar-refractivity contribution in [3.8, 4) is 11.4 Å². The summed E-state index contributed by atoms with van der Waals surface area (Å²) < 4.78 is 43.0. The molecule has 0 amide bonds. The molecule has 9 heteroatoms. The van der Waals surface area contributed by atoms with Crippen molar-refractivity contribution in [2.75, 3.05) is 5.32 Å². The third-order valence-corrected chi connectivity index (χ3v) is 7.43. The van der Waals surface area contributed by atoms with E-state index in [2.05, 4.69) is 20.3 Å². The van der Waals surface area contributed by atoms with Gasteiger partial charge in [0.2, 0.25) is 0 Å². The third kappa shape index (κ3) is 3.21. The number of fused-ring (bicyclic) bond motifs is 5. The lowest BCUT2D eigenvalue weighted by atomic mass is 9.61. The van der Waals surface area contributed by atoms with E-state index >= 15 is 0 Å². The summed E-state index contributed by atoms with van der Waals surface area (Å²) in [4.78, 5) is 23.9. The average Bonchev–Trinajstić information content (AvgIpc) is 3.24. The molecule has 3 saturated carbocycles. The highest BCUT2D eigenvalue weighted by Crippen LogP contribution is 2.46. The van der Waals surface area contributed by atoms with Gasteiger partial charge >= 0.3 is 5.97 Å². The molecule has 0 saturated heterocycles. The predicted octanol–water partition coefficient (Wildman–Crippen LogP) is 5.50.